The van der Waals surface area contributed by atoms with E-state index >= 15 is 0 Å². The zero-order valence-corrected chi connectivity index (χ0v) is 21.9. The van der Waals surface area contributed by atoms with Gasteiger partial charge in [0, 0.05) is 0 Å². The van der Waals surface area contributed by atoms with E-state index < -0.39 is 5.31 Å². The average Bonchev–Trinajstić information content (AvgIpc) is 2.78. The summed E-state index contributed by atoms with van der Waals surface area (Å²) in [5.74, 6) is 0. The molecule has 0 heterocycles. The predicted molar refractivity (Wildman–Crippen MR) is 145 cm³/mol. The van der Waals surface area contributed by atoms with Gasteiger partial charge in [0.15, 0.2) is 0 Å². The first-order valence-corrected chi connectivity index (χ1v) is 15.7. The van der Waals surface area contributed by atoms with Crippen molar-refractivity contribution in [1.82, 2.24) is 0 Å². The van der Waals surface area contributed by atoms with Crippen LogP contribution < -0.4 is 15.9 Å². The van der Waals surface area contributed by atoms with Crippen molar-refractivity contribution in [3.8, 4) is 0 Å². The minimum absolute atomic E-state index is 0.904. The molecule has 0 spiro atoms. The Morgan fingerprint density at radius 2 is 1.03 bits per heavy atom. The van der Waals surface area contributed by atoms with Crippen molar-refractivity contribution in [2.45, 2.75) is 6.16 Å². The van der Waals surface area contributed by atoms with Crippen molar-refractivity contribution in [1.29, 1.82) is 0 Å². The number of halogens is 3. The van der Waals surface area contributed by atoms with E-state index in [1.54, 1.807) is 0 Å². The molecule has 0 N–H and O–H groups in total. The van der Waals surface area contributed by atoms with Crippen LogP contribution >= 0.6 is 59.3 Å². The van der Waals surface area contributed by atoms with Gasteiger partial charge in [-0.05, 0) is 0 Å². The third kappa shape index (κ3) is 3.87. The first-order valence-electron chi connectivity index (χ1n) is 9.36. The molecule has 0 saturated heterocycles. The van der Waals surface area contributed by atoms with Gasteiger partial charge in [0.25, 0.3) is 0 Å². The molecule has 4 aromatic rings. The molecule has 0 unspecified atom stereocenters. The third-order valence-corrected chi connectivity index (χ3v) is 16.4. The van der Waals surface area contributed by atoms with Crippen LogP contribution in [0, 0.1) is 3.57 Å². The van der Waals surface area contributed by atoms with E-state index in [4.69, 9.17) is 0 Å². The van der Waals surface area contributed by atoms with Gasteiger partial charge in [0.05, 0.1) is 0 Å². The van der Waals surface area contributed by atoms with Crippen molar-refractivity contribution < 1.29 is 0 Å². The molecule has 0 aliphatic carbocycles. The number of hydrogen-bond donors (Lipinski definition) is 0. The van der Waals surface area contributed by atoms with E-state index in [9.17, 15) is 0 Å². The first kappa shape index (κ1) is 21.2. The summed E-state index contributed by atoms with van der Waals surface area (Å²) in [6.45, 7) is 0. The van der Waals surface area contributed by atoms with E-state index in [0.29, 0.717) is 0 Å². The number of hydrogen-bond acceptors (Lipinski definition) is 0. The van der Waals surface area contributed by atoms with E-state index in [2.05, 4.69) is 163 Å². The van der Waals surface area contributed by atoms with E-state index in [0.717, 1.165) is 10.6 Å². The Hall–Kier alpha value is -1.00. The topological polar surface area (TPSA) is 0 Å². The molecule has 0 fully saturated rings. The molecule has 0 atom stereocenters. The van der Waals surface area contributed by atoms with Crippen LogP contribution in [0.1, 0.15) is 5.56 Å². The quantitative estimate of drug-likeness (QED) is 0.158. The summed E-state index contributed by atoms with van der Waals surface area (Å²) < 4.78 is 2.39. The number of rotatable bonds is 5. The zero-order valence-electron chi connectivity index (χ0n) is 15.7. The Morgan fingerprint density at radius 1 is 0.621 bits per heavy atom. The summed E-state index contributed by atoms with van der Waals surface area (Å²) in [5.41, 5.74) is 1.34. The molecule has 0 amide bonds. The first-order chi connectivity index (χ1) is 14.0. The Balaban J connectivity index is 2.11. The Labute approximate surface area is 202 Å². The summed E-state index contributed by atoms with van der Waals surface area (Å²) in [6, 6.07) is 39.4. The molecule has 0 aliphatic rings. The minimum atomic E-state index is -2.95. The Bertz CT molecular complexity index is 1020. The van der Waals surface area contributed by atoms with Gasteiger partial charge in [-0.25, -0.2) is 0 Å². The van der Waals surface area contributed by atoms with Crippen LogP contribution in [0.4, 0.5) is 0 Å². The van der Waals surface area contributed by atoms with Gasteiger partial charge in [0.2, 0.25) is 0 Å². The van der Waals surface area contributed by atoms with Gasteiger partial charge in [-0.15, -0.1) is 0 Å². The second kappa shape index (κ2) is 8.63. The molecule has 0 aliphatic heterocycles. The summed E-state index contributed by atoms with van der Waals surface area (Å²) >= 11 is 10.7. The average molecular weight is 638 g/mol. The fourth-order valence-electron chi connectivity index (χ4n) is 3.92. The van der Waals surface area contributed by atoms with Crippen molar-refractivity contribution in [2.75, 3.05) is 0 Å². The Morgan fingerprint density at radius 3 is 1.45 bits per heavy atom. The van der Waals surface area contributed by atoms with Crippen molar-refractivity contribution in [2.24, 2.45) is 0 Å². The van der Waals surface area contributed by atoms with Gasteiger partial charge >= 0.3 is 204 Å². The third-order valence-electron chi connectivity index (χ3n) is 5.36. The fourth-order valence-corrected chi connectivity index (χ4v) is 12.8. The summed E-state index contributed by atoms with van der Waals surface area (Å²) in [5, 5.41) is 1.07. The van der Waals surface area contributed by atoms with Crippen LogP contribution in [0.2, 0.25) is 0 Å². The molecule has 0 nitrogen and oxygen atoms in total. The van der Waals surface area contributed by atoms with Crippen LogP contribution in [0.15, 0.2) is 114 Å². The SMILES string of the molecule is Brc1ccc(I)c(CP(Br)(c2ccccc2)(c2ccccc2)c2ccccc2)c1. The summed E-state index contributed by atoms with van der Waals surface area (Å²) in [7, 11) is 0. The molecule has 4 rings (SSSR count). The van der Waals surface area contributed by atoms with Gasteiger partial charge in [-0.2, -0.15) is 0 Å². The zero-order chi connectivity index (χ0) is 20.3. The van der Waals surface area contributed by atoms with Gasteiger partial charge in [0.1, 0.15) is 0 Å². The maximum absolute atomic E-state index is 4.52. The molecule has 29 heavy (non-hydrogen) atoms. The molecule has 0 saturated carbocycles. The molecule has 4 aromatic carbocycles. The molecule has 0 aromatic heterocycles. The van der Waals surface area contributed by atoms with Crippen molar-refractivity contribution >= 4 is 75.2 Å². The standard InChI is InChI=1S/C25H20Br2IP/c26-21-16-17-25(28)20(18-21)19-29(27,22-10-4-1-5-11-22,23-12-6-2-7-13-23)24-14-8-3-9-15-24/h1-18H,19H2. The predicted octanol–water partition coefficient (Wildman–Crippen LogP) is 7.39. The van der Waals surface area contributed by atoms with Crippen LogP contribution in [0.5, 0.6) is 0 Å². The molecule has 146 valence electrons. The van der Waals surface area contributed by atoms with E-state index in [-0.39, 0.29) is 0 Å². The monoisotopic (exact) mass is 636 g/mol. The van der Waals surface area contributed by atoms with Gasteiger partial charge in [-0.3, -0.25) is 0 Å². The van der Waals surface area contributed by atoms with Crippen molar-refractivity contribution in [3.63, 3.8) is 0 Å². The van der Waals surface area contributed by atoms with Crippen LogP contribution in [0.3, 0.4) is 0 Å². The molecular formula is C25H20Br2IP. The Kier molecular flexibility index (Phi) is 6.32. The van der Waals surface area contributed by atoms with Crippen molar-refractivity contribution in [3.05, 3.63) is 123 Å². The van der Waals surface area contributed by atoms with E-state index in [1.165, 1.54) is 25.0 Å². The second-order valence-corrected chi connectivity index (χ2v) is 18.1. The molecule has 0 radical (unpaired) electrons. The summed E-state index contributed by atoms with van der Waals surface area (Å²) in [4.78, 5) is 0. The summed E-state index contributed by atoms with van der Waals surface area (Å²) in [6.07, 6.45) is 0.904. The normalized spacial score (nSPS) is 12.9. The van der Waals surface area contributed by atoms with Crippen LogP contribution in [-0.4, -0.2) is 0 Å². The van der Waals surface area contributed by atoms with Gasteiger partial charge < -0.3 is 0 Å². The number of benzene rings is 4. The van der Waals surface area contributed by atoms with Crippen LogP contribution in [0.25, 0.3) is 0 Å². The fraction of sp³-hybridized carbons (Fsp3) is 0.0400. The molecular weight excluding hydrogens is 618 g/mol. The second-order valence-electron chi connectivity index (χ2n) is 7.08. The van der Waals surface area contributed by atoms with Gasteiger partial charge in [-0.1, -0.05) is 0 Å². The molecule has 0 bridgehead atoms. The molecule has 4 heteroatoms. The van der Waals surface area contributed by atoms with Crippen LogP contribution in [-0.2, 0) is 6.16 Å². The van der Waals surface area contributed by atoms with E-state index in [1.807, 2.05) is 0 Å². The maximum atomic E-state index is 4.52.